The van der Waals surface area contributed by atoms with Crippen LogP contribution in [0, 0.1) is 12.7 Å². The minimum atomic E-state index is -0.245. The van der Waals surface area contributed by atoms with Crippen LogP contribution in [0.2, 0.25) is 0 Å². The second-order valence-electron chi connectivity index (χ2n) is 3.96. The van der Waals surface area contributed by atoms with Gasteiger partial charge in [-0.15, -0.1) is 23.1 Å². The van der Waals surface area contributed by atoms with Crippen LogP contribution >= 0.6 is 23.1 Å². The Balaban J connectivity index is 1.73. The molecule has 1 heterocycles. The zero-order valence-electron chi connectivity index (χ0n) is 10.4. The van der Waals surface area contributed by atoms with E-state index in [0.29, 0.717) is 16.6 Å². The van der Waals surface area contributed by atoms with Crippen LogP contribution in [0.5, 0.6) is 0 Å². The molecule has 0 radical (unpaired) electrons. The van der Waals surface area contributed by atoms with Gasteiger partial charge in [0.25, 0.3) is 0 Å². The predicted octanol–water partition coefficient (Wildman–Crippen LogP) is 3.46. The van der Waals surface area contributed by atoms with Crippen LogP contribution in [0.15, 0.2) is 29.6 Å². The summed E-state index contributed by atoms with van der Waals surface area (Å²) in [5, 5.41) is 5.27. The molecule has 0 aliphatic heterocycles. The van der Waals surface area contributed by atoms with Gasteiger partial charge >= 0.3 is 0 Å². The minimum Gasteiger partial charge on any atom is -0.301 e. The van der Waals surface area contributed by atoms with Gasteiger partial charge in [-0.3, -0.25) is 4.79 Å². The molecule has 0 fully saturated rings. The third kappa shape index (κ3) is 4.65. The summed E-state index contributed by atoms with van der Waals surface area (Å²) in [6, 6.07) is 6.30. The van der Waals surface area contributed by atoms with E-state index < -0.39 is 0 Å². The molecule has 1 aromatic heterocycles. The van der Waals surface area contributed by atoms with Gasteiger partial charge in [0.15, 0.2) is 5.13 Å². The van der Waals surface area contributed by atoms with Gasteiger partial charge in [0, 0.05) is 11.1 Å². The molecule has 2 rings (SSSR count). The number of aryl methyl sites for hydroxylation is 1. The standard InChI is InChI=1S/C13H13FN2OS2/c1-9-6-19-13(15-9)16-12(17)8-18-7-10-2-4-11(14)5-3-10/h2-6H,7-8H2,1H3,(H,15,16,17). The van der Waals surface area contributed by atoms with Crippen molar-refractivity contribution in [3.05, 3.63) is 46.7 Å². The number of carbonyl (C=O) groups excluding carboxylic acids is 1. The maximum Gasteiger partial charge on any atom is 0.236 e. The molecule has 0 bridgehead atoms. The van der Waals surface area contributed by atoms with E-state index in [9.17, 15) is 9.18 Å². The number of anilines is 1. The van der Waals surface area contributed by atoms with Crippen LogP contribution in [0.25, 0.3) is 0 Å². The molecule has 0 saturated carbocycles. The second-order valence-corrected chi connectivity index (χ2v) is 5.81. The lowest BCUT2D eigenvalue weighted by molar-refractivity contribution is -0.113. The number of carbonyl (C=O) groups is 1. The molecule has 100 valence electrons. The highest BCUT2D eigenvalue weighted by molar-refractivity contribution is 7.99. The zero-order chi connectivity index (χ0) is 13.7. The summed E-state index contributed by atoms with van der Waals surface area (Å²) in [6.45, 7) is 1.88. The number of hydrogen-bond acceptors (Lipinski definition) is 4. The summed E-state index contributed by atoms with van der Waals surface area (Å²) in [5.41, 5.74) is 1.91. The van der Waals surface area contributed by atoms with Gasteiger partial charge in [0.1, 0.15) is 5.82 Å². The molecule has 0 saturated heterocycles. The van der Waals surface area contributed by atoms with Gasteiger partial charge < -0.3 is 5.32 Å². The van der Waals surface area contributed by atoms with Crippen molar-refractivity contribution in [2.45, 2.75) is 12.7 Å². The highest BCUT2D eigenvalue weighted by Gasteiger charge is 2.05. The summed E-state index contributed by atoms with van der Waals surface area (Å²) in [5.74, 6) is 0.729. The first-order valence-electron chi connectivity index (χ1n) is 5.67. The van der Waals surface area contributed by atoms with E-state index in [1.54, 1.807) is 12.1 Å². The molecular formula is C13H13FN2OS2. The molecule has 0 aliphatic carbocycles. The fourth-order valence-electron chi connectivity index (χ4n) is 1.41. The number of aromatic nitrogens is 1. The molecule has 0 atom stereocenters. The summed E-state index contributed by atoms with van der Waals surface area (Å²) >= 11 is 2.90. The van der Waals surface area contributed by atoms with E-state index in [-0.39, 0.29) is 11.7 Å². The monoisotopic (exact) mass is 296 g/mol. The molecule has 1 aromatic carbocycles. The summed E-state index contributed by atoms with van der Waals surface area (Å²) in [4.78, 5) is 15.8. The van der Waals surface area contributed by atoms with Crippen molar-refractivity contribution >= 4 is 34.1 Å². The van der Waals surface area contributed by atoms with Crippen molar-refractivity contribution < 1.29 is 9.18 Å². The van der Waals surface area contributed by atoms with Gasteiger partial charge in [0.2, 0.25) is 5.91 Å². The third-order valence-electron chi connectivity index (χ3n) is 2.28. The van der Waals surface area contributed by atoms with Crippen LogP contribution in [-0.2, 0) is 10.5 Å². The summed E-state index contributed by atoms with van der Waals surface area (Å²) < 4.78 is 12.7. The molecule has 0 aliphatic rings. The number of amides is 1. The van der Waals surface area contributed by atoms with Crippen molar-refractivity contribution in [1.82, 2.24) is 4.98 Å². The van der Waals surface area contributed by atoms with Gasteiger partial charge in [-0.25, -0.2) is 9.37 Å². The van der Waals surface area contributed by atoms with E-state index in [0.717, 1.165) is 11.3 Å². The highest BCUT2D eigenvalue weighted by atomic mass is 32.2. The Morgan fingerprint density at radius 2 is 2.16 bits per heavy atom. The molecule has 6 heteroatoms. The summed E-state index contributed by atoms with van der Waals surface area (Å²) in [7, 11) is 0. The van der Waals surface area contributed by atoms with E-state index in [1.807, 2.05) is 12.3 Å². The largest absolute Gasteiger partial charge is 0.301 e. The first-order valence-corrected chi connectivity index (χ1v) is 7.71. The topological polar surface area (TPSA) is 42.0 Å². The van der Waals surface area contributed by atoms with Gasteiger partial charge in [-0.05, 0) is 24.6 Å². The number of rotatable bonds is 5. The minimum absolute atomic E-state index is 0.0681. The number of thioether (sulfide) groups is 1. The van der Waals surface area contributed by atoms with Crippen molar-refractivity contribution in [2.24, 2.45) is 0 Å². The lowest BCUT2D eigenvalue weighted by Gasteiger charge is -2.02. The lowest BCUT2D eigenvalue weighted by atomic mass is 10.2. The Bertz CT molecular complexity index is 554. The first-order chi connectivity index (χ1) is 9.13. The van der Waals surface area contributed by atoms with Crippen molar-refractivity contribution in [3.63, 3.8) is 0 Å². The predicted molar refractivity (Wildman–Crippen MR) is 78.0 cm³/mol. The number of nitrogens with zero attached hydrogens (tertiary/aromatic N) is 1. The normalized spacial score (nSPS) is 10.4. The smallest absolute Gasteiger partial charge is 0.236 e. The quantitative estimate of drug-likeness (QED) is 0.918. The average Bonchev–Trinajstić information content (AvgIpc) is 2.77. The van der Waals surface area contributed by atoms with E-state index in [4.69, 9.17) is 0 Å². The maximum atomic E-state index is 12.7. The molecule has 1 amide bonds. The van der Waals surface area contributed by atoms with Crippen LogP contribution in [-0.4, -0.2) is 16.6 Å². The molecule has 0 spiro atoms. The first kappa shape index (κ1) is 14.0. The van der Waals surface area contributed by atoms with Crippen LogP contribution in [0.4, 0.5) is 9.52 Å². The zero-order valence-corrected chi connectivity index (χ0v) is 12.0. The van der Waals surface area contributed by atoms with Crippen molar-refractivity contribution in [3.8, 4) is 0 Å². The van der Waals surface area contributed by atoms with Crippen molar-refractivity contribution in [2.75, 3.05) is 11.1 Å². The van der Waals surface area contributed by atoms with E-state index >= 15 is 0 Å². The Morgan fingerprint density at radius 3 is 2.79 bits per heavy atom. The molecule has 3 nitrogen and oxygen atoms in total. The second kappa shape index (κ2) is 6.68. The van der Waals surface area contributed by atoms with Crippen LogP contribution in [0.1, 0.15) is 11.3 Å². The Kier molecular flexibility index (Phi) is 4.93. The number of halogens is 1. The lowest BCUT2D eigenvalue weighted by Crippen LogP contribution is -2.13. The number of benzene rings is 1. The molecular weight excluding hydrogens is 283 g/mol. The summed E-state index contributed by atoms with van der Waals surface area (Å²) in [6.07, 6.45) is 0. The van der Waals surface area contributed by atoms with Crippen LogP contribution < -0.4 is 5.32 Å². The Morgan fingerprint density at radius 1 is 1.42 bits per heavy atom. The van der Waals surface area contributed by atoms with Gasteiger partial charge in [-0.1, -0.05) is 12.1 Å². The molecule has 0 unspecified atom stereocenters. The third-order valence-corrected chi connectivity index (χ3v) is 4.16. The number of nitrogens with one attached hydrogen (secondary N) is 1. The van der Waals surface area contributed by atoms with Gasteiger partial charge in [0.05, 0.1) is 11.4 Å². The van der Waals surface area contributed by atoms with Crippen LogP contribution in [0.3, 0.4) is 0 Å². The van der Waals surface area contributed by atoms with E-state index in [1.165, 1.54) is 35.2 Å². The molecule has 19 heavy (non-hydrogen) atoms. The van der Waals surface area contributed by atoms with Crippen molar-refractivity contribution in [1.29, 1.82) is 0 Å². The fourth-order valence-corrected chi connectivity index (χ4v) is 2.90. The highest BCUT2D eigenvalue weighted by Crippen LogP contribution is 2.16. The van der Waals surface area contributed by atoms with E-state index in [2.05, 4.69) is 10.3 Å². The fraction of sp³-hybridized carbons (Fsp3) is 0.231. The molecule has 2 aromatic rings. The SMILES string of the molecule is Cc1csc(NC(=O)CSCc2ccc(F)cc2)n1. The average molecular weight is 296 g/mol. The number of thiazole rings is 1. The molecule has 1 N–H and O–H groups in total. The number of hydrogen-bond donors (Lipinski definition) is 1. The van der Waals surface area contributed by atoms with Gasteiger partial charge in [-0.2, -0.15) is 0 Å². The Labute approximate surface area is 119 Å². The Hall–Kier alpha value is -1.40. The maximum absolute atomic E-state index is 12.7.